The number of hydrogen-bond acceptors (Lipinski definition) is 3. The molecule has 0 radical (unpaired) electrons. The van der Waals surface area contributed by atoms with Gasteiger partial charge in [-0.3, -0.25) is 9.59 Å². The minimum atomic E-state index is -0.163. The lowest BCUT2D eigenvalue weighted by atomic mass is 10.1. The molecule has 126 valence electrons. The Balaban J connectivity index is 2.11. The highest BCUT2D eigenvalue weighted by Crippen LogP contribution is 2.22. The number of rotatable bonds is 6. The highest BCUT2D eigenvalue weighted by molar-refractivity contribution is 6.04. The smallest absolute Gasteiger partial charge is 0.255 e. The molecule has 1 atom stereocenters. The van der Waals surface area contributed by atoms with E-state index in [-0.39, 0.29) is 24.5 Å². The van der Waals surface area contributed by atoms with Crippen molar-refractivity contribution in [3.63, 3.8) is 0 Å². The van der Waals surface area contributed by atoms with E-state index in [9.17, 15) is 9.59 Å². The van der Waals surface area contributed by atoms with E-state index in [4.69, 9.17) is 4.74 Å². The van der Waals surface area contributed by atoms with E-state index in [1.54, 1.807) is 24.1 Å². The van der Waals surface area contributed by atoms with Crippen LogP contribution in [0.4, 0.5) is 5.69 Å². The number of nitrogens with one attached hydrogen (secondary N) is 1. The van der Waals surface area contributed by atoms with Gasteiger partial charge in [0.05, 0.1) is 6.04 Å². The topological polar surface area (TPSA) is 58.6 Å². The number of methoxy groups -OCH3 is 1. The molecule has 5 heteroatoms. The van der Waals surface area contributed by atoms with Crippen molar-refractivity contribution in [1.82, 2.24) is 4.90 Å². The average Bonchev–Trinajstić information content (AvgIpc) is 2.61. The number of benzene rings is 2. The molecular formula is C19H22N2O3. The van der Waals surface area contributed by atoms with Gasteiger partial charge in [-0.1, -0.05) is 30.3 Å². The van der Waals surface area contributed by atoms with Crippen molar-refractivity contribution in [2.75, 3.05) is 26.1 Å². The van der Waals surface area contributed by atoms with E-state index in [0.717, 1.165) is 5.56 Å². The van der Waals surface area contributed by atoms with Crippen LogP contribution in [0.1, 0.15) is 28.9 Å². The molecule has 0 saturated carbocycles. The van der Waals surface area contributed by atoms with Crippen LogP contribution in [0.3, 0.4) is 0 Å². The Hall–Kier alpha value is -2.66. The molecule has 0 aliphatic rings. The number of hydrogen-bond donors (Lipinski definition) is 1. The van der Waals surface area contributed by atoms with Crippen LogP contribution >= 0.6 is 0 Å². The molecule has 2 aromatic rings. The van der Waals surface area contributed by atoms with Gasteiger partial charge >= 0.3 is 0 Å². The Morgan fingerprint density at radius 1 is 1.12 bits per heavy atom. The summed E-state index contributed by atoms with van der Waals surface area (Å²) in [4.78, 5) is 25.8. The van der Waals surface area contributed by atoms with Gasteiger partial charge in [-0.25, -0.2) is 0 Å². The summed E-state index contributed by atoms with van der Waals surface area (Å²) in [6, 6.07) is 16.4. The zero-order valence-electron chi connectivity index (χ0n) is 14.2. The van der Waals surface area contributed by atoms with Crippen LogP contribution in [0.25, 0.3) is 0 Å². The second-order valence-corrected chi connectivity index (χ2v) is 5.56. The van der Waals surface area contributed by atoms with E-state index in [1.807, 2.05) is 49.4 Å². The molecule has 2 rings (SSSR count). The lowest BCUT2D eigenvalue weighted by Crippen LogP contribution is -2.32. The molecule has 0 fully saturated rings. The van der Waals surface area contributed by atoms with Gasteiger partial charge in [0.15, 0.2) is 0 Å². The van der Waals surface area contributed by atoms with Gasteiger partial charge in [0.25, 0.3) is 5.91 Å². The summed E-state index contributed by atoms with van der Waals surface area (Å²) >= 11 is 0. The third-order valence-electron chi connectivity index (χ3n) is 3.91. The lowest BCUT2D eigenvalue weighted by molar-refractivity contribution is -0.135. The Bertz CT molecular complexity index is 701. The van der Waals surface area contributed by atoms with Gasteiger partial charge in [-0.05, 0) is 36.8 Å². The quantitative estimate of drug-likeness (QED) is 0.887. The van der Waals surface area contributed by atoms with Crippen LogP contribution in [0.2, 0.25) is 0 Å². The van der Waals surface area contributed by atoms with Crippen LogP contribution in [-0.4, -0.2) is 37.5 Å². The van der Waals surface area contributed by atoms with E-state index in [1.165, 1.54) is 7.11 Å². The minimum absolute atomic E-state index is 0.0469. The van der Waals surface area contributed by atoms with Crippen molar-refractivity contribution in [2.24, 2.45) is 0 Å². The molecule has 2 aromatic carbocycles. The van der Waals surface area contributed by atoms with E-state index in [0.29, 0.717) is 11.3 Å². The van der Waals surface area contributed by atoms with Crippen molar-refractivity contribution in [1.29, 1.82) is 0 Å². The van der Waals surface area contributed by atoms with Crippen molar-refractivity contribution in [3.05, 3.63) is 65.7 Å². The first kappa shape index (κ1) is 17.7. The van der Waals surface area contributed by atoms with Crippen molar-refractivity contribution >= 4 is 17.5 Å². The highest BCUT2D eigenvalue weighted by Gasteiger charge is 2.17. The van der Waals surface area contributed by atoms with Gasteiger partial charge < -0.3 is 15.0 Å². The summed E-state index contributed by atoms with van der Waals surface area (Å²) in [5.74, 6) is -0.257. The first-order valence-corrected chi connectivity index (χ1v) is 7.74. The van der Waals surface area contributed by atoms with Crippen LogP contribution < -0.4 is 5.32 Å². The number of anilines is 1. The molecule has 1 N–H and O–H groups in total. The molecule has 0 aromatic heterocycles. The molecule has 24 heavy (non-hydrogen) atoms. The van der Waals surface area contributed by atoms with Crippen LogP contribution in [0, 0.1) is 0 Å². The maximum Gasteiger partial charge on any atom is 0.255 e. The molecule has 0 aliphatic heterocycles. The van der Waals surface area contributed by atoms with E-state index >= 15 is 0 Å². The molecule has 0 bridgehead atoms. The Kier molecular flexibility index (Phi) is 6.09. The SMILES string of the molecule is COCC(=O)N(C)[C@H](C)c1cccc(NC(=O)c2ccccc2)c1. The van der Waals surface area contributed by atoms with Crippen molar-refractivity contribution < 1.29 is 14.3 Å². The maximum absolute atomic E-state index is 12.2. The number of carbonyl (C=O) groups excluding carboxylic acids is 2. The monoisotopic (exact) mass is 326 g/mol. The third-order valence-corrected chi connectivity index (χ3v) is 3.91. The van der Waals surface area contributed by atoms with Crippen LogP contribution in [-0.2, 0) is 9.53 Å². The van der Waals surface area contributed by atoms with Crippen molar-refractivity contribution in [2.45, 2.75) is 13.0 Å². The average molecular weight is 326 g/mol. The highest BCUT2D eigenvalue weighted by atomic mass is 16.5. The number of nitrogens with zero attached hydrogens (tertiary/aromatic N) is 1. The molecular weight excluding hydrogens is 304 g/mol. The molecule has 0 spiro atoms. The van der Waals surface area contributed by atoms with Crippen molar-refractivity contribution in [3.8, 4) is 0 Å². The number of amides is 2. The largest absolute Gasteiger partial charge is 0.375 e. The first-order chi connectivity index (χ1) is 11.5. The summed E-state index contributed by atoms with van der Waals surface area (Å²) in [5.41, 5.74) is 2.23. The standard InChI is InChI=1S/C19H22N2O3/c1-14(21(2)18(22)13-24-3)16-10-7-11-17(12-16)20-19(23)15-8-5-4-6-9-15/h4-12,14H,13H2,1-3H3,(H,20,23)/t14-/m1/s1. The molecule has 0 heterocycles. The Morgan fingerprint density at radius 3 is 2.50 bits per heavy atom. The van der Waals surface area contributed by atoms with Crippen LogP contribution in [0.15, 0.2) is 54.6 Å². The summed E-state index contributed by atoms with van der Waals surface area (Å²) in [5, 5.41) is 2.88. The predicted molar refractivity (Wildman–Crippen MR) is 93.9 cm³/mol. The number of ether oxygens (including phenoxy) is 1. The fourth-order valence-electron chi connectivity index (χ4n) is 2.33. The zero-order chi connectivity index (χ0) is 17.5. The van der Waals surface area contributed by atoms with Gasteiger partial charge in [-0.2, -0.15) is 0 Å². The summed E-state index contributed by atoms with van der Waals surface area (Å²) in [6.45, 7) is 1.98. The summed E-state index contributed by atoms with van der Waals surface area (Å²) in [6.07, 6.45) is 0. The fourth-order valence-corrected chi connectivity index (χ4v) is 2.33. The molecule has 2 amide bonds. The normalized spacial score (nSPS) is 11.6. The lowest BCUT2D eigenvalue weighted by Gasteiger charge is -2.25. The van der Waals surface area contributed by atoms with Crippen LogP contribution in [0.5, 0.6) is 0 Å². The number of likely N-dealkylation sites (N-methyl/N-ethyl adjacent to an activating group) is 1. The van der Waals surface area contributed by atoms with E-state index in [2.05, 4.69) is 5.32 Å². The second kappa shape index (κ2) is 8.26. The number of carbonyl (C=O) groups is 2. The van der Waals surface area contributed by atoms with E-state index < -0.39 is 0 Å². The van der Waals surface area contributed by atoms with Gasteiger partial charge in [0.1, 0.15) is 6.61 Å². The second-order valence-electron chi connectivity index (χ2n) is 5.56. The summed E-state index contributed by atoms with van der Waals surface area (Å²) < 4.78 is 4.89. The molecule has 5 nitrogen and oxygen atoms in total. The minimum Gasteiger partial charge on any atom is -0.375 e. The maximum atomic E-state index is 12.2. The Labute approximate surface area is 142 Å². The molecule has 0 saturated heterocycles. The summed E-state index contributed by atoms with van der Waals surface area (Å²) in [7, 11) is 3.23. The third kappa shape index (κ3) is 4.43. The van der Waals surface area contributed by atoms with Gasteiger partial charge in [0, 0.05) is 25.4 Å². The molecule has 0 aliphatic carbocycles. The Morgan fingerprint density at radius 2 is 1.83 bits per heavy atom. The first-order valence-electron chi connectivity index (χ1n) is 7.74. The molecule has 0 unspecified atom stereocenters. The van der Waals surface area contributed by atoms with Gasteiger partial charge in [-0.15, -0.1) is 0 Å². The zero-order valence-corrected chi connectivity index (χ0v) is 14.2. The van der Waals surface area contributed by atoms with Gasteiger partial charge in [0.2, 0.25) is 5.91 Å². The fraction of sp³-hybridized carbons (Fsp3) is 0.263. The predicted octanol–water partition coefficient (Wildman–Crippen LogP) is 3.10.